The maximum Gasteiger partial charge on any atom is 0.253 e. The van der Waals surface area contributed by atoms with Crippen LogP contribution in [-0.4, -0.2) is 10.2 Å². The molecule has 1 unspecified atom stereocenters. The van der Waals surface area contributed by atoms with E-state index in [0.717, 1.165) is 0 Å². The summed E-state index contributed by atoms with van der Waals surface area (Å²) in [6, 6.07) is 6.81. The highest BCUT2D eigenvalue weighted by Crippen LogP contribution is 2.19. The van der Waals surface area contributed by atoms with Gasteiger partial charge in [-0.2, -0.15) is 0 Å². The van der Waals surface area contributed by atoms with Gasteiger partial charge in [0.1, 0.15) is 5.75 Å². The van der Waals surface area contributed by atoms with Gasteiger partial charge in [0.05, 0.1) is 6.04 Å². The Morgan fingerprint density at radius 3 is 2.58 bits per heavy atom. The van der Waals surface area contributed by atoms with E-state index >= 15 is 0 Å². The molecule has 2 rings (SSSR count). The van der Waals surface area contributed by atoms with Crippen molar-refractivity contribution in [2.45, 2.75) is 26.5 Å². The molecular formula is C13H16ClN3O2. The third-order valence-corrected chi connectivity index (χ3v) is 2.91. The monoisotopic (exact) mass is 281 g/mol. The fourth-order valence-electron chi connectivity index (χ4n) is 1.42. The van der Waals surface area contributed by atoms with E-state index in [4.69, 9.17) is 26.5 Å². The number of hydrogen-bond acceptors (Lipinski definition) is 5. The molecule has 1 aromatic carbocycles. The smallest absolute Gasteiger partial charge is 0.253 e. The highest BCUT2D eigenvalue weighted by Gasteiger charge is 2.17. The first-order valence-electron chi connectivity index (χ1n) is 6.02. The normalized spacial score (nSPS) is 12.7. The molecule has 0 saturated heterocycles. The molecule has 0 saturated carbocycles. The fraction of sp³-hybridized carbons (Fsp3) is 0.385. The van der Waals surface area contributed by atoms with Gasteiger partial charge < -0.3 is 14.9 Å². The Kier molecular flexibility index (Phi) is 4.39. The van der Waals surface area contributed by atoms with Crippen LogP contribution in [-0.2, 0) is 6.61 Å². The van der Waals surface area contributed by atoms with Crippen LogP contribution in [0.1, 0.15) is 31.7 Å². The van der Waals surface area contributed by atoms with Crippen molar-refractivity contribution < 1.29 is 9.15 Å². The minimum absolute atomic E-state index is 0.208. The van der Waals surface area contributed by atoms with Gasteiger partial charge in [-0.3, -0.25) is 0 Å². The quantitative estimate of drug-likeness (QED) is 0.912. The Bertz CT molecular complexity index is 525. The molecule has 0 aliphatic heterocycles. The van der Waals surface area contributed by atoms with Gasteiger partial charge >= 0.3 is 0 Å². The van der Waals surface area contributed by atoms with Gasteiger partial charge in [0, 0.05) is 5.02 Å². The molecule has 0 aliphatic carbocycles. The van der Waals surface area contributed by atoms with Crippen molar-refractivity contribution in [2.24, 2.45) is 11.7 Å². The topological polar surface area (TPSA) is 74.2 Å². The summed E-state index contributed by atoms with van der Waals surface area (Å²) in [7, 11) is 0. The number of rotatable bonds is 5. The van der Waals surface area contributed by atoms with Crippen LogP contribution in [0.4, 0.5) is 0 Å². The molecule has 19 heavy (non-hydrogen) atoms. The standard InChI is InChI=1S/C13H16ClN3O2/c1-8(2)12(15)13-17-16-11(19-13)7-18-10-5-3-9(14)4-6-10/h3-6,8,12H,7,15H2,1-2H3. The summed E-state index contributed by atoms with van der Waals surface area (Å²) in [6.07, 6.45) is 0. The van der Waals surface area contributed by atoms with Crippen molar-refractivity contribution in [1.29, 1.82) is 0 Å². The molecule has 102 valence electrons. The van der Waals surface area contributed by atoms with E-state index in [0.29, 0.717) is 22.6 Å². The van der Waals surface area contributed by atoms with Crippen molar-refractivity contribution in [2.75, 3.05) is 0 Å². The average molecular weight is 282 g/mol. The molecule has 1 aromatic heterocycles. The van der Waals surface area contributed by atoms with E-state index in [1.807, 2.05) is 13.8 Å². The molecule has 0 amide bonds. The summed E-state index contributed by atoms with van der Waals surface area (Å²) in [5.74, 6) is 1.77. The van der Waals surface area contributed by atoms with Crippen molar-refractivity contribution >= 4 is 11.6 Å². The van der Waals surface area contributed by atoms with Gasteiger partial charge in [0.25, 0.3) is 5.89 Å². The third kappa shape index (κ3) is 3.68. The minimum atomic E-state index is -0.253. The first kappa shape index (κ1) is 13.8. The zero-order valence-corrected chi connectivity index (χ0v) is 11.6. The van der Waals surface area contributed by atoms with Crippen molar-refractivity contribution in [3.05, 3.63) is 41.1 Å². The van der Waals surface area contributed by atoms with Gasteiger partial charge in [0.2, 0.25) is 5.89 Å². The van der Waals surface area contributed by atoms with Gasteiger partial charge in [0.15, 0.2) is 6.61 Å². The van der Waals surface area contributed by atoms with E-state index in [1.165, 1.54) is 0 Å². The SMILES string of the molecule is CC(C)C(N)c1nnc(COc2ccc(Cl)cc2)o1. The second-order valence-corrected chi connectivity index (χ2v) is 4.98. The lowest BCUT2D eigenvalue weighted by Crippen LogP contribution is -2.16. The Labute approximate surface area is 116 Å². The van der Waals surface area contributed by atoms with Crippen LogP contribution in [0.25, 0.3) is 0 Å². The van der Waals surface area contributed by atoms with Crippen LogP contribution in [0.15, 0.2) is 28.7 Å². The van der Waals surface area contributed by atoms with Gasteiger partial charge in [-0.25, -0.2) is 0 Å². The van der Waals surface area contributed by atoms with Crippen molar-refractivity contribution in [3.63, 3.8) is 0 Å². The Morgan fingerprint density at radius 1 is 1.26 bits per heavy atom. The fourth-order valence-corrected chi connectivity index (χ4v) is 1.55. The number of benzene rings is 1. The minimum Gasteiger partial charge on any atom is -0.484 e. The summed E-state index contributed by atoms with van der Waals surface area (Å²) >= 11 is 5.79. The summed E-state index contributed by atoms with van der Waals surface area (Å²) in [5.41, 5.74) is 5.92. The highest BCUT2D eigenvalue weighted by molar-refractivity contribution is 6.30. The van der Waals surface area contributed by atoms with Gasteiger partial charge in [-0.15, -0.1) is 10.2 Å². The molecule has 0 bridgehead atoms. The van der Waals surface area contributed by atoms with Crippen molar-refractivity contribution in [3.8, 4) is 5.75 Å². The molecule has 0 radical (unpaired) electrons. The van der Waals surface area contributed by atoms with E-state index < -0.39 is 0 Å². The van der Waals surface area contributed by atoms with Crippen molar-refractivity contribution in [1.82, 2.24) is 10.2 Å². The maximum absolute atomic E-state index is 5.92. The van der Waals surface area contributed by atoms with E-state index in [2.05, 4.69) is 10.2 Å². The predicted molar refractivity (Wildman–Crippen MR) is 71.8 cm³/mol. The maximum atomic E-state index is 5.92. The second kappa shape index (κ2) is 6.04. The summed E-state index contributed by atoms with van der Waals surface area (Å²) < 4.78 is 11.0. The predicted octanol–water partition coefficient (Wildman–Crippen LogP) is 2.96. The first-order valence-corrected chi connectivity index (χ1v) is 6.40. The third-order valence-electron chi connectivity index (χ3n) is 2.66. The zero-order valence-electron chi connectivity index (χ0n) is 10.8. The largest absolute Gasteiger partial charge is 0.484 e. The Hall–Kier alpha value is -1.59. The molecule has 1 atom stereocenters. The lowest BCUT2D eigenvalue weighted by molar-refractivity contribution is 0.253. The van der Waals surface area contributed by atoms with Crippen LogP contribution in [0.5, 0.6) is 5.75 Å². The van der Waals surface area contributed by atoms with Crippen LogP contribution in [0, 0.1) is 5.92 Å². The van der Waals surface area contributed by atoms with Crippen LogP contribution in [0.2, 0.25) is 5.02 Å². The Morgan fingerprint density at radius 2 is 1.95 bits per heavy atom. The molecule has 2 N–H and O–H groups in total. The molecule has 0 aliphatic rings. The van der Waals surface area contributed by atoms with E-state index in [-0.39, 0.29) is 18.6 Å². The van der Waals surface area contributed by atoms with Gasteiger partial charge in [-0.1, -0.05) is 25.4 Å². The number of nitrogens with two attached hydrogens (primary N) is 1. The molecule has 0 spiro atoms. The average Bonchev–Trinajstić information content (AvgIpc) is 2.86. The second-order valence-electron chi connectivity index (χ2n) is 4.55. The molecule has 6 heteroatoms. The molecular weight excluding hydrogens is 266 g/mol. The summed E-state index contributed by atoms with van der Waals surface area (Å²) in [4.78, 5) is 0. The number of ether oxygens (including phenoxy) is 1. The number of nitrogens with zero attached hydrogens (tertiary/aromatic N) is 2. The number of aromatic nitrogens is 2. The van der Waals surface area contributed by atoms with Crippen LogP contribution < -0.4 is 10.5 Å². The lowest BCUT2D eigenvalue weighted by atomic mass is 10.1. The van der Waals surface area contributed by atoms with Crippen LogP contribution in [0.3, 0.4) is 0 Å². The Balaban J connectivity index is 1.95. The molecule has 2 aromatic rings. The first-order chi connectivity index (χ1) is 9.06. The molecule has 1 heterocycles. The van der Waals surface area contributed by atoms with Gasteiger partial charge in [-0.05, 0) is 30.2 Å². The molecule has 5 nitrogen and oxygen atoms in total. The van der Waals surface area contributed by atoms with Crippen LogP contribution >= 0.6 is 11.6 Å². The molecule has 0 fully saturated rings. The lowest BCUT2D eigenvalue weighted by Gasteiger charge is -2.09. The zero-order chi connectivity index (χ0) is 13.8. The number of hydrogen-bond donors (Lipinski definition) is 1. The summed E-state index contributed by atoms with van der Waals surface area (Å²) in [5, 5.41) is 8.49. The number of halogens is 1. The highest BCUT2D eigenvalue weighted by atomic mass is 35.5. The van der Waals surface area contributed by atoms with E-state index in [9.17, 15) is 0 Å². The van der Waals surface area contributed by atoms with E-state index in [1.54, 1.807) is 24.3 Å². The summed E-state index contributed by atoms with van der Waals surface area (Å²) in [6.45, 7) is 4.21.